The summed E-state index contributed by atoms with van der Waals surface area (Å²) in [5, 5.41) is 6.04. The standard InChI is InChI=1S/C31H26FN3O4/c1-3-14-34-30(38)31(12-13-31)35-29(37)21-7-4-18(2)23(17-21)20-8-11-25-24(16-20)27(28(33)36)26(39-25)15-19-5-9-22(32)10-6-19/h1,4-11,16-17H,12-15H2,2H3,(H2,33,36)(H,34,38)(H,35,37). The second-order valence-corrected chi connectivity index (χ2v) is 9.73. The molecule has 0 aliphatic heterocycles. The highest BCUT2D eigenvalue weighted by Crippen LogP contribution is 2.37. The first kappa shape index (κ1) is 25.7. The fourth-order valence-electron chi connectivity index (χ4n) is 4.70. The molecule has 8 heteroatoms. The van der Waals surface area contributed by atoms with E-state index in [-0.39, 0.29) is 36.2 Å². The molecule has 39 heavy (non-hydrogen) atoms. The third-order valence-corrected chi connectivity index (χ3v) is 6.98. The van der Waals surface area contributed by atoms with Crippen LogP contribution < -0.4 is 16.4 Å². The van der Waals surface area contributed by atoms with Gasteiger partial charge in [-0.05, 0) is 78.4 Å². The van der Waals surface area contributed by atoms with Crippen LogP contribution in [-0.4, -0.2) is 29.8 Å². The van der Waals surface area contributed by atoms with Gasteiger partial charge >= 0.3 is 0 Å². The number of benzene rings is 3. The number of hydrogen-bond donors (Lipinski definition) is 3. The van der Waals surface area contributed by atoms with E-state index in [9.17, 15) is 18.8 Å². The number of hydrogen-bond acceptors (Lipinski definition) is 4. The Morgan fingerprint density at radius 1 is 1.08 bits per heavy atom. The SMILES string of the molecule is C#CCNC(=O)C1(NC(=O)c2ccc(C)c(-c3ccc4oc(Cc5ccc(F)cc5)c(C(N)=O)c4c3)c2)CC1. The van der Waals surface area contributed by atoms with Crippen molar-refractivity contribution in [3.8, 4) is 23.5 Å². The van der Waals surface area contributed by atoms with Gasteiger partial charge in [-0.1, -0.05) is 30.2 Å². The van der Waals surface area contributed by atoms with E-state index in [1.165, 1.54) is 12.1 Å². The minimum absolute atomic E-state index is 0.0977. The van der Waals surface area contributed by atoms with Crippen molar-refractivity contribution in [3.63, 3.8) is 0 Å². The molecule has 0 unspecified atom stereocenters. The van der Waals surface area contributed by atoms with E-state index in [1.54, 1.807) is 30.3 Å². The van der Waals surface area contributed by atoms with Crippen LogP contribution >= 0.6 is 0 Å². The molecule has 4 aromatic rings. The molecule has 1 saturated carbocycles. The fraction of sp³-hybridized carbons (Fsp3) is 0.194. The van der Waals surface area contributed by atoms with Crippen LogP contribution in [0.3, 0.4) is 0 Å². The average molecular weight is 524 g/mol. The smallest absolute Gasteiger partial charge is 0.252 e. The molecule has 3 amide bonds. The van der Waals surface area contributed by atoms with Gasteiger partial charge in [0.15, 0.2) is 0 Å². The average Bonchev–Trinajstić information content (AvgIpc) is 3.61. The molecule has 0 atom stereocenters. The van der Waals surface area contributed by atoms with Crippen molar-refractivity contribution in [2.24, 2.45) is 5.73 Å². The highest BCUT2D eigenvalue weighted by molar-refractivity contribution is 6.08. The van der Waals surface area contributed by atoms with Crippen LogP contribution in [0.4, 0.5) is 4.39 Å². The minimum Gasteiger partial charge on any atom is -0.460 e. The fourth-order valence-corrected chi connectivity index (χ4v) is 4.70. The lowest BCUT2D eigenvalue weighted by Crippen LogP contribution is -2.49. The summed E-state index contributed by atoms with van der Waals surface area (Å²) in [7, 11) is 0. The summed E-state index contributed by atoms with van der Waals surface area (Å²) in [6.07, 6.45) is 6.58. The van der Waals surface area contributed by atoms with E-state index in [1.807, 2.05) is 25.1 Å². The number of fused-ring (bicyclic) bond motifs is 1. The molecule has 5 rings (SSSR count). The maximum Gasteiger partial charge on any atom is 0.252 e. The summed E-state index contributed by atoms with van der Waals surface area (Å²) in [6, 6.07) is 16.7. The van der Waals surface area contributed by atoms with Crippen molar-refractivity contribution < 1.29 is 23.2 Å². The summed E-state index contributed by atoms with van der Waals surface area (Å²) < 4.78 is 19.3. The summed E-state index contributed by atoms with van der Waals surface area (Å²) in [4.78, 5) is 38.0. The van der Waals surface area contributed by atoms with Crippen molar-refractivity contribution >= 4 is 28.7 Å². The monoisotopic (exact) mass is 523 g/mol. The van der Waals surface area contributed by atoms with E-state index in [0.29, 0.717) is 35.1 Å². The molecule has 0 saturated heterocycles. The molecule has 1 aromatic heterocycles. The van der Waals surface area contributed by atoms with Crippen LogP contribution in [0.2, 0.25) is 0 Å². The number of halogens is 1. The van der Waals surface area contributed by atoms with Gasteiger partial charge in [-0.3, -0.25) is 14.4 Å². The number of primary amides is 1. The molecule has 196 valence electrons. The lowest BCUT2D eigenvalue weighted by atomic mass is 9.95. The molecule has 0 radical (unpaired) electrons. The number of furan rings is 1. The molecule has 1 aliphatic carbocycles. The third kappa shape index (κ3) is 5.12. The lowest BCUT2D eigenvalue weighted by Gasteiger charge is -2.17. The van der Waals surface area contributed by atoms with Crippen molar-refractivity contribution in [1.29, 1.82) is 0 Å². The molecular formula is C31H26FN3O4. The Balaban J connectivity index is 1.46. The zero-order valence-corrected chi connectivity index (χ0v) is 21.3. The number of terminal acetylenes is 1. The van der Waals surface area contributed by atoms with Crippen LogP contribution in [-0.2, 0) is 11.2 Å². The largest absolute Gasteiger partial charge is 0.460 e. The van der Waals surface area contributed by atoms with Gasteiger partial charge in [0.25, 0.3) is 11.8 Å². The van der Waals surface area contributed by atoms with Crippen LogP contribution in [0.15, 0.2) is 65.1 Å². The summed E-state index contributed by atoms with van der Waals surface area (Å²) >= 11 is 0. The predicted molar refractivity (Wildman–Crippen MR) is 145 cm³/mol. The van der Waals surface area contributed by atoms with Crippen LogP contribution in [0.1, 0.15) is 50.4 Å². The van der Waals surface area contributed by atoms with Crippen molar-refractivity contribution in [2.45, 2.75) is 31.7 Å². The second-order valence-electron chi connectivity index (χ2n) is 9.73. The van der Waals surface area contributed by atoms with Gasteiger partial charge in [-0.25, -0.2) is 4.39 Å². The van der Waals surface area contributed by atoms with Gasteiger partial charge in [-0.15, -0.1) is 6.42 Å². The van der Waals surface area contributed by atoms with E-state index in [0.717, 1.165) is 22.3 Å². The van der Waals surface area contributed by atoms with Gasteiger partial charge in [-0.2, -0.15) is 0 Å². The van der Waals surface area contributed by atoms with Gasteiger partial charge in [0.2, 0.25) is 5.91 Å². The number of carbonyl (C=O) groups excluding carboxylic acids is 3. The molecular weight excluding hydrogens is 497 g/mol. The number of nitrogens with two attached hydrogens (primary N) is 1. The molecule has 4 N–H and O–H groups in total. The van der Waals surface area contributed by atoms with E-state index >= 15 is 0 Å². The Morgan fingerprint density at radius 3 is 2.49 bits per heavy atom. The molecule has 7 nitrogen and oxygen atoms in total. The highest BCUT2D eigenvalue weighted by Gasteiger charge is 2.51. The quantitative estimate of drug-likeness (QED) is 0.300. The maximum atomic E-state index is 13.3. The molecule has 1 heterocycles. The summed E-state index contributed by atoms with van der Waals surface area (Å²) in [5.74, 6) is 1.11. The molecule has 0 bridgehead atoms. The normalized spacial score (nSPS) is 13.5. The first-order chi connectivity index (χ1) is 18.7. The third-order valence-electron chi connectivity index (χ3n) is 6.98. The molecule has 0 spiro atoms. The lowest BCUT2D eigenvalue weighted by molar-refractivity contribution is -0.123. The van der Waals surface area contributed by atoms with Gasteiger partial charge in [0.05, 0.1) is 12.1 Å². The van der Waals surface area contributed by atoms with Crippen molar-refractivity contribution in [3.05, 3.63) is 94.5 Å². The highest BCUT2D eigenvalue weighted by atomic mass is 19.1. The molecule has 3 aromatic carbocycles. The number of amides is 3. The van der Waals surface area contributed by atoms with Crippen molar-refractivity contribution in [1.82, 2.24) is 10.6 Å². The summed E-state index contributed by atoms with van der Waals surface area (Å²) in [6.45, 7) is 2.02. The minimum atomic E-state index is -0.938. The number of aryl methyl sites for hydroxylation is 1. The van der Waals surface area contributed by atoms with Crippen LogP contribution in [0.5, 0.6) is 0 Å². The Kier molecular flexibility index (Phi) is 6.67. The number of carbonyl (C=O) groups is 3. The van der Waals surface area contributed by atoms with E-state index in [2.05, 4.69) is 16.6 Å². The van der Waals surface area contributed by atoms with Crippen LogP contribution in [0, 0.1) is 25.1 Å². The zero-order valence-electron chi connectivity index (χ0n) is 21.3. The maximum absolute atomic E-state index is 13.3. The molecule has 1 fully saturated rings. The molecule has 1 aliphatic rings. The number of rotatable bonds is 8. The van der Waals surface area contributed by atoms with Gasteiger partial charge in [0.1, 0.15) is 22.7 Å². The van der Waals surface area contributed by atoms with Gasteiger partial charge < -0.3 is 20.8 Å². The Hall–Kier alpha value is -4.90. The topological polar surface area (TPSA) is 114 Å². The van der Waals surface area contributed by atoms with Crippen LogP contribution in [0.25, 0.3) is 22.1 Å². The Labute approximate surface area is 224 Å². The van der Waals surface area contributed by atoms with E-state index < -0.39 is 11.4 Å². The Morgan fingerprint density at radius 2 is 1.82 bits per heavy atom. The Bertz CT molecular complexity index is 1660. The summed E-state index contributed by atoms with van der Waals surface area (Å²) in [5.41, 5.74) is 9.18. The van der Waals surface area contributed by atoms with Gasteiger partial charge in [0, 0.05) is 17.4 Å². The van der Waals surface area contributed by atoms with E-state index in [4.69, 9.17) is 16.6 Å². The first-order valence-corrected chi connectivity index (χ1v) is 12.5. The predicted octanol–water partition coefficient (Wildman–Crippen LogP) is 4.25. The second kappa shape index (κ2) is 10.1. The number of nitrogens with one attached hydrogen (secondary N) is 2. The first-order valence-electron chi connectivity index (χ1n) is 12.5. The zero-order chi connectivity index (χ0) is 27.7. The van der Waals surface area contributed by atoms with Crippen molar-refractivity contribution in [2.75, 3.05) is 6.54 Å².